The van der Waals surface area contributed by atoms with Crippen LogP contribution in [0.2, 0.25) is 5.02 Å². The third-order valence-electron chi connectivity index (χ3n) is 1.79. The smallest absolute Gasteiger partial charge is 0.235 e. The van der Waals surface area contributed by atoms with Crippen LogP contribution >= 0.6 is 11.6 Å². The minimum atomic E-state index is -0.494. The van der Waals surface area contributed by atoms with Gasteiger partial charge >= 0.3 is 0 Å². The number of benzene rings is 1. The van der Waals surface area contributed by atoms with Crippen molar-refractivity contribution < 1.29 is 15.0 Å². The lowest BCUT2D eigenvalue weighted by atomic mass is 10.1. The minimum absolute atomic E-state index is 0.242. The number of carbonyl (C=O) groups excluding carboxylic acids is 1. The number of nitrogens with zero attached hydrogens (tertiary/aromatic N) is 1. The van der Waals surface area contributed by atoms with Crippen molar-refractivity contribution in [2.45, 2.75) is 13.0 Å². The van der Waals surface area contributed by atoms with E-state index in [1.165, 1.54) is 18.2 Å². The van der Waals surface area contributed by atoms with Crippen molar-refractivity contribution in [3.05, 3.63) is 22.7 Å². The number of rotatable bonds is 2. The van der Waals surface area contributed by atoms with Gasteiger partial charge in [-0.2, -0.15) is 4.99 Å². The monoisotopic (exact) mass is 213 g/mol. The first-order chi connectivity index (χ1) is 6.56. The highest BCUT2D eigenvalue weighted by Crippen LogP contribution is 2.35. The van der Waals surface area contributed by atoms with E-state index in [0.717, 1.165) is 0 Å². The second-order valence-corrected chi connectivity index (χ2v) is 3.17. The molecule has 1 aromatic rings. The van der Waals surface area contributed by atoms with E-state index in [2.05, 4.69) is 4.99 Å². The highest BCUT2D eigenvalue weighted by atomic mass is 35.5. The molecule has 0 bridgehead atoms. The van der Waals surface area contributed by atoms with E-state index in [0.29, 0.717) is 5.56 Å². The van der Waals surface area contributed by atoms with E-state index in [1.54, 1.807) is 6.92 Å². The molecule has 0 spiro atoms. The molecule has 5 heteroatoms. The van der Waals surface area contributed by atoms with Crippen LogP contribution in [-0.2, 0) is 4.79 Å². The van der Waals surface area contributed by atoms with Gasteiger partial charge in [0.25, 0.3) is 0 Å². The maximum Gasteiger partial charge on any atom is 0.235 e. The maximum absolute atomic E-state index is 10.0. The first-order valence-corrected chi connectivity index (χ1v) is 4.22. The Bertz CT molecular complexity index is 399. The third kappa shape index (κ3) is 2.05. The zero-order valence-electron chi connectivity index (χ0n) is 7.36. The number of phenols is 2. The van der Waals surface area contributed by atoms with Crippen LogP contribution in [0.25, 0.3) is 0 Å². The minimum Gasteiger partial charge on any atom is -0.504 e. The van der Waals surface area contributed by atoms with Crippen LogP contribution in [0, 0.1) is 0 Å². The number of aromatic hydroxyl groups is 2. The van der Waals surface area contributed by atoms with Gasteiger partial charge in [0.2, 0.25) is 6.08 Å². The number of isocyanates is 1. The summed E-state index contributed by atoms with van der Waals surface area (Å²) >= 11 is 5.77. The van der Waals surface area contributed by atoms with Gasteiger partial charge in [-0.25, -0.2) is 4.79 Å². The average Bonchev–Trinajstić information content (AvgIpc) is 2.11. The van der Waals surface area contributed by atoms with Crippen molar-refractivity contribution in [2.75, 3.05) is 0 Å². The summed E-state index contributed by atoms with van der Waals surface area (Å²) in [5.41, 5.74) is 0.463. The van der Waals surface area contributed by atoms with Gasteiger partial charge in [0, 0.05) is 11.1 Å². The fourth-order valence-corrected chi connectivity index (χ4v) is 1.35. The Kier molecular flexibility index (Phi) is 3.12. The van der Waals surface area contributed by atoms with Crippen LogP contribution in [0.1, 0.15) is 18.5 Å². The molecule has 14 heavy (non-hydrogen) atoms. The fourth-order valence-electron chi connectivity index (χ4n) is 1.04. The quantitative estimate of drug-likeness (QED) is 0.449. The highest BCUT2D eigenvalue weighted by Gasteiger charge is 2.12. The summed E-state index contributed by atoms with van der Waals surface area (Å²) in [6.45, 7) is 1.63. The predicted octanol–water partition coefficient (Wildman–Crippen LogP) is 2.15. The molecule has 0 saturated heterocycles. The lowest BCUT2D eigenvalue weighted by molar-refractivity contribution is 0.403. The second-order valence-electron chi connectivity index (χ2n) is 2.76. The lowest BCUT2D eigenvalue weighted by Gasteiger charge is -2.08. The third-order valence-corrected chi connectivity index (χ3v) is 2.12. The zero-order chi connectivity index (χ0) is 10.7. The molecule has 0 heterocycles. The standard InChI is InChI=1S/C9H8ClNO3/c1-5(11-4-12)6-2-8(13)9(14)3-7(6)10/h2-3,5,13-14H,1H3. The van der Waals surface area contributed by atoms with Gasteiger partial charge in [0.05, 0.1) is 6.04 Å². The Morgan fingerprint density at radius 2 is 2.00 bits per heavy atom. The molecule has 0 aliphatic rings. The molecule has 1 atom stereocenters. The summed E-state index contributed by atoms with van der Waals surface area (Å²) in [5, 5.41) is 18.5. The van der Waals surface area contributed by atoms with Gasteiger partial charge in [0.1, 0.15) is 0 Å². The normalized spacial score (nSPS) is 11.9. The molecule has 0 amide bonds. The Balaban J connectivity index is 3.21. The van der Waals surface area contributed by atoms with Crippen molar-refractivity contribution >= 4 is 17.7 Å². The molecule has 1 unspecified atom stereocenters. The SMILES string of the molecule is CC(N=C=O)c1cc(O)c(O)cc1Cl. The summed E-state index contributed by atoms with van der Waals surface area (Å²) in [6.07, 6.45) is 1.40. The molecule has 0 aliphatic carbocycles. The van der Waals surface area contributed by atoms with E-state index in [4.69, 9.17) is 16.7 Å². The van der Waals surface area contributed by atoms with Crippen molar-refractivity contribution in [3.8, 4) is 11.5 Å². The number of hydrogen-bond acceptors (Lipinski definition) is 4. The molecular weight excluding hydrogens is 206 g/mol. The predicted molar refractivity (Wildman–Crippen MR) is 51.3 cm³/mol. The summed E-state index contributed by atoms with van der Waals surface area (Å²) in [7, 11) is 0. The first-order valence-electron chi connectivity index (χ1n) is 3.84. The molecule has 1 aromatic carbocycles. The van der Waals surface area contributed by atoms with Crippen LogP contribution in [0.3, 0.4) is 0 Å². The molecule has 4 nitrogen and oxygen atoms in total. The van der Waals surface area contributed by atoms with E-state index in [1.807, 2.05) is 0 Å². The van der Waals surface area contributed by atoms with Crippen LogP contribution in [0.5, 0.6) is 11.5 Å². The molecule has 74 valence electrons. The Morgan fingerprint density at radius 1 is 1.43 bits per heavy atom. The molecular formula is C9H8ClNO3. The Labute approximate surface area is 85.5 Å². The highest BCUT2D eigenvalue weighted by molar-refractivity contribution is 6.31. The Hall–Kier alpha value is -1.51. The van der Waals surface area contributed by atoms with Crippen molar-refractivity contribution in [1.82, 2.24) is 0 Å². The number of halogens is 1. The van der Waals surface area contributed by atoms with Gasteiger partial charge < -0.3 is 10.2 Å². The molecule has 0 fully saturated rings. The molecule has 0 aromatic heterocycles. The van der Waals surface area contributed by atoms with Gasteiger partial charge in [-0.15, -0.1) is 0 Å². The maximum atomic E-state index is 10.0. The van der Waals surface area contributed by atoms with Crippen molar-refractivity contribution in [2.24, 2.45) is 4.99 Å². The van der Waals surface area contributed by atoms with Crippen LogP contribution in [-0.4, -0.2) is 16.3 Å². The zero-order valence-corrected chi connectivity index (χ0v) is 8.12. The number of aliphatic imine (C=N–C) groups is 1. The van der Waals surface area contributed by atoms with Crippen LogP contribution in [0.4, 0.5) is 0 Å². The van der Waals surface area contributed by atoms with E-state index in [-0.39, 0.29) is 16.5 Å². The average molecular weight is 214 g/mol. The summed E-state index contributed by atoms with van der Waals surface area (Å²) in [4.78, 5) is 13.4. The van der Waals surface area contributed by atoms with Gasteiger partial charge in [0.15, 0.2) is 11.5 Å². The summed E-state index contributed by atoms with van der Waals surface area (Å²) in [6, 6.07) is 1.97. The number of phenolic OH excluding ortho intramolecular Hbond substituents is 2. The fraction of sp³-hybridized carbons (Fsp3) is 0.222. The second kappa shape index (κ2) is 4.13. The largest absolute Gasteiger partial charge is 0.504 e. The topological polar surface area (TPSA) is 69.9 Å². The van der Waals surface area contributed by atoms with E-state index >= 15 is 0 Å². The molecule has 0 saturated carbocycles. The molecule has 2 N–H and O–H groups in total. The Morgan fingerprint density at radius 3 is 2.57 bits per heavy atom. The molecule has 1 rings (SSSR count). The summed E-state index contributed by atoms with van der Waals surface area (Å²) < 4.78 is 0. The van der Waals surface area contributed by atoms with Gasteiger partial charge in [-0.05, 0) is 18.6 Å². The van der Waals surface area contributed by atoms with Gasteiger partial charge in [-0.3, -0.25) is 0 Å². The van der Waals surface area contributed by atoms with Crippen LogP contribution in [0.15, 0.2) is 17.1 Å². The number of hydrogen-bond donors (Lipinski definition) is 2. The van der Waals surface area contributed by atoms with Gasteiger partial charge in [-0.1, -0.05) is 11.6 Å². The molecule has 0 radical (unpaired) electrons. The van der Waals surface area contributed by atoms with E-state index in [9.17, 15) is 9.90 Å². The van der Waals surface area contributed by atoms with Crippen LogP contribution < -0.4 is 0 Å². The van der Waals surface area contributed by atoms with Crippen molar-refractivity contribution in [3.63, 3.8) is 0 Å². The lowest BCUT2D eigenvalue weighted by Crippen LogP contribution is -1.90. The molecule has 0 aliphatic heterocycles. The van der Waals surface area contributed by atoms with Crippen molar-refractivity contribution in [1.29, 1.82) is 0 Å². The first kappa shape index (κ1) is 10.6. The summed E-state index contributed by atoms with van der Waals surface area (Å²) in [5.74, 6) is -0.599. The van der Waals surface area contributed by atoms with E-state index < -0.39 is 6.04 Å².